The molecule has 0 atom stereocenters. The third-order valence-corrected chi connectivity index (χ3v) is 3.24. The third-order valence-electron chi connectivity index (χ3n) is 1.05. The van der Waals surface area contributed by atoms with Crippen LogP contribution in [0.3, 0.4) is 0 Å². The summed E-state index contributed by atoms with van der Waals surface area (Å²) >= 11 is 11.0. The molecule has 0 radical (unpaired) electrons. The zero-order chi connectivity index (χ0) is 9.35. The fraction of sp³-hybridized carbons (Fsp3) is 0. The number of aromatic nitrogens is 1. The summed E-state index contributed by atoms with van der Waals surface area (Å²) in [5.41, 5.74) is 0. The monoisotopic (exact) mass is 245 g/mol. The van der Waals surface area contributed by atoms with Crippen molar-refractivity contribution in [1.29, 1.82) is 0 Å². The highest BCUT2D eigenvalue weighted by Crippen LogP contribution is 2.30. The number of pyridine rings is 1. The van der Waals surface area contributed by atoms with Crippen molar-refractivity contribution in [1.82, 2.24) is 4.98 Å². The lowest BCUT2D eigenvalue weighted by atomic mass is 10.5. The van der Waals surface area contributed by atoms with E-state index in [0.717, 1.165) is 12.4 Å². The van der Waals surface area contributed by atoms with Crippen molar-refractivity contribution < 1.29 is 8.42 Å². The molecule has 66 valence electrons. The first-order valence-corrected chi connectivity index (χ1v) is 5.73. The van der Waals surface area contributed by atoms with Crippen molar-refractivity contribution in [3.63, 3.8) is 0 Å². The highest BCUT2D eigenvalue weighted by molar-refractivity contribution is 8.14. The van der Waals surface area contributed by atoms with Crippen LogP contribution in [0, 0.1) is 0 Å². The molecule has 7 heteroatoms. The highest BCUT2D eigenvalue weighted by atomic mass is 35.7. The molecule has 0 amide bonds. The summed E-state index contributed by atoms with van der Waals surface area (Å²) in [5, 5.41) is -0.171. The molecule has 0 bridgehead atoms. The number of nitrogens with zero attached hydrogens (tertiary/aromatic N) is 1. The van der Waals surface area contributed by atoms with Gasteiger partial charge in [0.05, 0.1) is 10.0 Å². The standard InChI is InChI=1S/C5H2Cl3NO2S/c6-3-1-9-2-4(7)5(3)12(8,10)11/h1-2H. The van der Waals surface area contributed by atoms with Crippen LogP contribution in [-0.2, 0) is 9.05 Å². The summed E-state index contributed by atoms with van der Waals surface area (Å²) in [6.07, 6.45) is 2.31. The summed E-state index contributed by atoms with van der Waals surface area (Å²) in [6, 6.07) is 0. The van der Waals surface area contributed by atoms with Gasteiger partial charge in [-0.05, 0) is 0 Å². The van der Waals surface area contributed by atoms with Crippen molar-refractivity contribution in [3.05, 3.63) is 22.4 Å². The second-order valence-electron chi connectivity index (χ2n) is 1.87. The molecule has 0 saturated heterocycles. The van der Waals surface area contributed by atoms with E-state index in [1.807, 2.05) is 0 Å². The van der Waals surface area contributed by atoms with Crippen molar-refractivity contribution in [3.8, 4) is 0 Å². The first-order chi connectivity index (χ1) is 5.43. The van der Waals surface area contributed by atoms with Gasteiger partial charge in [-0.3, -0.25) is 4.98 Å². The molecular formula is C5H2Cl3NO2S. The maximum atomic E-state index is 10.8. The zero-order valence-corrected chi connectivity index (χ0v) is 8.54. The van der Waals surface area contributed by atoms with Crippen LogP contribution >= 0.6 is 33.9 Å². The molecule has 0 unspecified atom stereocenters. The van der Waals surface area contributed by atoms with Gasteiger partial charge in [0.25, 0.3) is 9.05 Å². The molecule has 1 rings (SSSR count). The fourth-order valence-corrected chi connectivity index (χ4v) is 2.91. The summed E-state index contributed by atoms with van der Waals surface area (Å²) in [5.74, 6) is 0. The van der Waals surface area contributed by atoms with Crippen LogP contribution in [0.1, 0.15) is 0 Å². The lowest BCUT2D eigenvalue weighted by Gasteiger charge is -2.00. The zero-order valence-electron chi connectivity index (χ0n) is 5.46. The molecule has 1 aromatic heterocycles. The number of hydrogen-bond donors (Lipinski definition) is 0. The van der Waals surface area contributed by atoms with Gasteiger partial charge in [0.2, 0.25) is 0 Å². The van der Waals surface area contributed by atoms with Gasteiger partial charge >= 0.3 is 0 Å². The molecule has 1 heterocycles. The lowest BCUT2D eigenvalue weighted by Crippen LogP contribution is -1.93. The van der Waals surface area contributed by atoms with E-state index in [1.54, 1.807) is 0 Å². The Morgan fingerprint density at radius 2 is 1.58 bits per heavy atom. The van der Waals surface area contributed by atoms with E-state index in [1.165, 1.54) is 0 Å². The molecule has 0 fully saturated rings. The summed E-state index contributed by atoms with van der Waals surface area (Å²) in [7, 11) is 1.15. The normalized spacial score (nSPS) is 11.6. The minimum Gasteiger partial charge on any atom is -0.262 e. The SMILES string of the molecule is O=S(=O)(Cl)c1c(Cl)cncc1Cl. The van der Waals surface area contributed by atoms with Gasteiger partial charge in [0.1, 0.15) is 4.90 Å². The predicted molar refractivity (Wildman–Crippen MR) is 47.3 cm³/mol. The average Bonchev–Trinajstić information content (AvgIpc) is 1.82. The van der Waals surface area contributed by atoms with Crippen LogP contribution in [0.15, 0.2) is 17.3 Å². The summed E-state index contributed by atoms with van der Waals surface area (Å²) in [6.45, 7) is 0. The van der Waals surface area contributed by atoms with Crippen LogP contribution in [-0.4, -0.2) is 13.4 Å². The summed E-state index contributed by atoms with van der Waals surface area (Å²) < 4.78 is 21.7. The molecule has 3 nitrogen and oxygen atoms in total. The Kier molecular flexibility index (Phi) is 2.83. The van der Waals surface area contributed by atoms with Gasteiger partial charge in [-0.25, -0.2) is 8.42 Å². The Morgan fingerprint density at radius 3 is 1.83 bits per heavy atom. The maximum absolute atomic E-state index is 10.8. The van der Waals surface area contributed by atoms with Crippen LogP contribution in [0.5, 0.6) is 0 Å². The van der Waals surface area contributed by atoms with E-state index < -0.39 is 9.05 Å². The fourth-order valence-electron chi connectivity index (χ4n) is 0.632. The van der Waals surface area contributed by atoms with Crippen LogP contribution in [0.4, 0.5) is 0 Å². The molecule has 0 spiro atoms. The van der Waals surface area contributed by atoms with Gasteiger partial charge in [-0.15, -0.1) is 0 Å². The van der Waals surface area contributed by atoms with Crippen LogP contribution in [0.2, 0.25) is 10.0 Å². The van der Waals surface area contributed by atoms with Crippen molar-refractivity contribution in [2.24, 2.45) is 0 Å². The average molecular weight is 247 g/mol. The van der Waals surface area contributed by atoms with Crippen molar-refractivity contribution in [2.75, 3.05) is 0 Å². The topological polar surface area (TPSA) is 47.0 Å². The van der Waals surface area contributed by atoms with E-state index in [2.05, 4.69) is 4.98 Å². The quantitative estimate of drug-likeness (QED) is 0.715. The number of hydrogen-bond acceptors (Lipinski definition) is 3. The van der Waals surface area contributed by atoms with Gasteiger partial charge in [0.15, 0.2) is 0 Å². The first-order valence-electron chi connectivity index (χ1n) is 2.66. The van der Waals surface area contributed by atoms with Gasteiger partial charge in [-0.1, -0.05) is 23.2 Å². The third kappa shape index (κ3) is 2.01. The maximum Gasteiger partial charge on any atom is 0.264 e. The summed E-state index contributed by atoms with van der Waals surface area (Å²) in [4.78, 5) is 3.27. The molecule has 0 aliphatic carbocycles. The Morgan fingerprint density at radius 1 is 1.17 bits per heavy atom. The minimum absolute atomic E-state index is 0.0856. The second-order valence-corrected chi connectivity index (χ2v) is 5.19. The van der Waals surface area contributed by atoms with Gasteiger partial charge in [-0.2, -0.15) is 0 Å². The second kappa shape index (κ2) is 3.38. The molecule has 0 aliphatic heterocycles. The number of rotatable bonds is 1. The van der Waals surface area contributed by atoms with E-state index in [4.69, 9.17) is 33.9 Å². The predicted octanol–water partition coefficient (Wildman–Crippen LogP) is 2.32. The molecule has 1 aromatic rings. The lowest BCUT2D eigenvalue weighted by molar-refractivity contribution is 0.609. The van der Waals surface area contributed by atoms with Crippen molar-refractivity contribution >= 4 is 42.9 Å². The molecule has 0 aromatic carbocycles. The van der Waals surface area contributed by atoms with E-state index in [-0.39, 0.29) is 14.9 Å². The van der Waals surface area contributed by atoms with Crippen molar-refractivity contribution in [2.45, 2.75) is 4.90 Å². The molecule has 0 saturated carbocycles. The molecule has 0 N–H and O–H groups in total. The minimum atomic E-state index is -3.90. The Bertz CT molecular complexity index is 383. The molecule has 0 aliphatic rings. The molecule has 12 heavy (non-hydrogen) atoms. The first kappa shape index (κ1) is 10.1. The smallest absolute Gasteiger partial charge is 0.262 e. The Hall–Kier alpha value is -0.0300. The van der Waals surface area contributed by atoms with Crippen LogP contribution in [0.25, 0.3) is 0 Å². The van der Waals surface area contributed by atoms with E-state index in [9.17, 15) is 8.42 Å². The van der Waals surface area contributed by atoms with E-state index in [0.29, 0.717) is 0 Å². The Balaban J connectivity index is 3.53. The van der Waals surface area contributed by atoms with Gasteiger partial charge in [0, 0.05) is 23.1 Å². The number of halogens is 3. The van der Waals surface area contributed by atoms with E-state index >= 15 is 0 Å². The van der Waals surface area contributed by atoms with Gasteiger partial charge < -0.3 is 0 Å². The Labute approximate surface area is 83.7 Å². The largest absolute Gasteiger partial charge is 0.264 e. The highest BCUT2D eigenvalue weighted by Gasteiger charge is 2.18. The molecular weight excluding hydrogens is 244 g/mol. The van der Waals surface area contributed by atoms with Crippen LogP contribution < -0.4 is 0 Å².